The molecule has 3 heterocycles. The van der Waals surface area contributed by atoms with Crippen LogP contribution < -0.4 is 19.7 Å². The number of methoxy groups -OCH3 is 2. The molecule has 0 amide bonds. The van der Waals surface area contributed by atoms with Gasteiger partial charge in [0.05, 0.1) is 44.3 Å². The second kappa shape index (κ2) is 11.3. The van der Waals surface area contributed by atoms with E-state index in [4.69, 9.17) is 35.8 Å². The van der Waals surface area contributed by atoms with Gasteiger partial charge in [-0.15, -0.1) is 0 Å². The summed E-state index contributed by atoms with van der Waals surface area (Å²) in [5.74, 6) is 2.68. The molecule has 10 heteroatoms. The van der Waals surface area contributed by atoms with Gasteiger partial charge in [-0.05, 0) is 54.6 Å². The highest BCUT2D eigenvalue weighted by atomic mass is 35.5. The summed E-state index contributed by atoms with van der Waals surface area (Å²) in [4.78, 5) is 20.8. The maximum absolute atomic E-state index is 6.13. The van der Waals surface area contributed by atoms with Gasteiger partial charge in [0.15, 0.2) is 11.5 Å². The third-order valence-electron chi connectivity index (χ3n) is 6.73. The first-order chi connectivity index (χ1) is 19.6. The Morgan fingerprint density at radius 3 is 2.27 bits per heavy atom. The van der Waals surface area contributed by atoms with E-state index >= 15 is 0 Å². The fourth-order valence-electron chi connectivity index (χ4n) is 4.62. The van der Waals surface area contributed by atoms with Gasteiger partial charge in [0.2, 0.25) is 5.95 Å². The van der Waals surface area contributed by atoms with Crippen LogP contribution in [-0.4, -0.2) is 60.5 Å². The first-order valence-electron chi connectivity index (χ1n) is 12.8. The second-order valence-corrected chi connectivity index (χ2v) is 9.63. The largest absolute Gasteiger partial charge is 0.493 e. The first kappa shape index (κ1) is 25.8. The van der Waals surface area contributed by atoms with Crippen LogP contribution in [0.3, 0.4) is 0 Å². The molecule has 202 valence electrons. The summed E-state index contributed by atoms with van der Waals surface area (Å²) in [6.45, 7) is 2.75. The number of ether oxygens (including phenoxy) is 3. The van der Waals surface area contributed by atoms with E-state index in [2.05, 4.69) is 20.2 Å². The molecule has 2 aromatic heterocycles. The van der Waals surface area contributed by atoms with Gasteiger partial charge >= 0.3 is 0 Å². The number of benzene rings is 3. The van der Waals surface area contributed by atoms with Gasteiger partial charge in [0, 0.05) is 40.3 Å². The van der Waals surface area contributed by atoms with Crippen LogP contribution in [0.25, 0.3) is 33.4 Å². The smallest absolute Gasteiger partial charge is 0.226 e. The van der Waals surface area contributed by atoms with Gasteiger partial charge < -0.3 is 24.4 Å². The number of hydrogen-bond donors (Lipinski definition) is 1. The minimum Gasteiger partial charge on any atom is -0.493 e. The Hall–Kier alpha value is -4.47. The number of hydrogen-bond acceptors (Lipinski definition) is 9. The highest BCUT2D eigenvalue weighted by Crippen LogP contribution is 2.34. The lowest BCUT2D eigenvalue weighted by Crippen LogP contribution is -2.37. The highest BCUT2D eigenvalue weighted by molar-refractivity contribution is 6.31. The average Bonchev–Trinajstić information content (AvgIpc) is 3.01. The van der Waals surface area contributed by atoms with Crippen LogP contribution in [0, 0.1) is 0 Å². The number of nitrogens with one attached hydrogen (secondary N) is 1. The molecule has 0 spiro atoms. The minimum absolute atomic E-state index is 0.634. The van der Waals surface area contributed by atoms with Crippen molar-refractivity contribution < 1.29 is 14.2 Å². The maximum Gasteiger partial charge on any atom is 0.226 e. The number of anilines is 3. The minimum atomic E-state index is 0.634. The van der Waals surface area contributed by atoms with Crippen molar-refractivity contribution in [2.45, 2.75) is 0 Å². The zero-order valence-electron chi connectivity index (χ0n) is 22.1. The molecule has 9 nitrogen and oxygen atoms in total. The van der Waals surface area contributed by atoms with Crippen molar-refractivity contribution in [2.24, 2.45) is 0 Å². The van der Waals surface area contributed by atoms with Crippen LogP contribution in [0.1, 0.15) is 0 Å². The van der Waals surface area contributed by atoms with Gasteiger partial charge in [0.25, 0.3) is 0 Å². The van der Waals surface area contributed by atoms with E-state index in [0.717, 1.165) is 52.2 Å². The number of nitrogens with zero attached hydrogens (tertiary/aromatic N) is 5. The van der Waals surface area contributed by atoms with E-state index in [9.17, 15) is 0 Å². The third kappa shape index (κ3) is 5.34. The molecule has 0 atom stereocenters. The van der Waals surface area contributed by atoms with Crippen LogP contribution in [0.15, 0.2) is 73.1 Å². The summed E-state index contributed by atoms with van der Waals surface area (Å²) < 4.78 is 16.5. The predicted molar refractivity (Wildman–Crippen MR) is 157 cm³/mol. The quantitative estimate of drug-likeness (QED) is 0.260. The van der Waals surface area contributed by atoms with Gasteiger partial charge in [-0.2, -0.15) is 0 Å². The molecule has 0 unspecified atom stereocenters. The zero-order chi connectivity index (χ0) is 27.5. The molecule has 1 saturated heterocycles. The predicted octanol–water partition coefficient (Wildman–Crippen LogP) is 6.00. The first-order valence-corrected chi connectivity index (χ1v) is 13.2. The summed E-state index contributed by atoms with van der Waals surface area (Å²) in [6, 6.07) is 21.4. The maximum atomic E-state index is 6.13. The normalized spacial score (nSPS) is 13.3. The highest BCUT2D eigenvalue weighted by Gasteiger charge is 2.18. The molecule has 0 radical (unpaired) electrons. The summed E-state index contributed by atoms with van der Waals surface area (Å²) in [5.41, 5.74) is 5.14. The van der Waals surface area contributed by atoms with E-state index in [-0.39, 0.29) is 0 Å². The van der Waals surface area contributed by atoms with Crippen LogP contribution in [0.5, 0.6) is 11.5 Å². The number of fused-ring (bicyclic) bond motifs is 1. The Morgan fingerprint density at radius 2 is 1.52 bits per heavy atom. The Balaban J connectivity index is 1.35. The van der Waals surface area contributed by atoms with Crippen molar-refractivity contribution in [3.05, 3.63) is 78.1 Å². The molecule has 6 rings (SSSR count). The van der Waals surface area contributed by atoms with E-state index in [1.54, 1.807) is 14.2 Å². The number of halogens is 1. The van der Waals surface area contributed by atoms with Gasteiger partial charge in [-0.25, -0.2) is 19.9 Å². The van der Waals surface area contributed by atoms with Crippen molar-refractivity contribution in [3.63, 3.8) is 0 Å². The molecule has 0 saturated carbocycles. The second-order valence-electron chi connectivity index (χ2n) is 9.19. The molecule has 40 heavy (non-hydrogen) atoms. The molecule has 1 aliphatic heterocycles. The van der Waals surface area contributed by atoms with Crippen molar-refractivity contribution in [1.29, 1.82) is 0 Å². The Kier molecular flexibility index (Phi) is 7.31. The third-order valence-corrected chi connectivity index (χ3v) is 6.96. The molecule has 1 aliphatic rings. The van der Waals surface area contributed by atoms with Gasteiger partial charge in [0.1, 0.15) is 12.1 Å². The van der Waals surface area contributed by atoms with Crippen LogP contribution >= 0.6 is 11.6 Å². The molecular formula is C30H27ClN6O3. The van der Waals surface area contributed by atoms with Crippen molar-refractivity contribution in [2.75, 3.05) is 50.7 Å². The molecule has 5 aromatic rings. The van der Waals surface area contributed by atoms with Crippen molar-refractivity contribution in [1.82, 2.24) is 19.9 Å². The van der Waals surface area contributed by atoms with Gasteiger partial charge in [-0.3, -0.25) is 0 Å². The van der Waals surface area contributed by atoms with E-state index < -0.39 is 0 Å². The summed E-state index contributed by atoms with van der Waals surface area (Å²) in [6.07, 6.45) is 1.53. The van der Waals surface area contributed by atoms with Crippen LogP contribution in [0.2, 0.25) is 5.02 Å². The van der Waals surface area contributed by atoms with Crippen molar-refractivity contribution in [3.8, 4) is 34.0 Å². The summed E-state index contributed by atoms with van der Waals surface area (Å²) in [5, 5.41) is 4.92. The fraction of sp³-hybridized carbons (Fsp3) is 0.200. The van der Waals surface area contributed by atoms with Crippen LogP contribution in [0.4, 0.5) is 17.5 Å². The molecule has 0 aliphatic carbocycles. The van der Waals surface area contributed by atoms with E-state index in [1.165, 1.54) is 6.33 Å². The zero-order valence-corrected chi connectivity index (χ0v) is 22.9. The monoisotopic (exact) mass is 554 g/mol. The standard InChI is InChI=1S/C30H27ClN6O3/c1-38-27-10-5-20(15-28(27)39-2)25-17-24(35-30(36-25)37-11-13-40-14-12-37)19-3-7-22(8-4-19)34-29-23-9-6-21(31)16-26(23)32-18-33-29/h3-10,15-18H,11-14H2,1-2H3,(H,32,33,34). The number of rotatable bonds is 7. The lowest BCUT2D eigenvalue weighted by atomic mass is 10.1. The number of aromatic nitrogens is 4. The summed E-state index contributed by atoms with van der Waals surface area (Å²) >= 11 is 6.13. The average molecular weight is 555 g/mol. The van der Waals surface area contributed by atoms with Crippen molar-refractivity contribution >= 4 is 40.0 Å². The molecule has 0 bridgehead atoms. The number of morpholine rings is 1. The SMILES string of the molecule is COc1ccc(-c2cc(-c3ccc(Nc4ncnc5cc(Cl)ccc45)cc3)nc(N3CCOCC3)n2)cc1OC. The molecular weight excluding hydrogens is 528 g/mol. The molecule has 1 N–H and O–H groups in total. The van der Waals surface area contributed by atoms with Crippen LogP contribution in [-0.2, 0) is 4.74 Å². The van der Waals surface area contributed by atoms with E-state index in [0.29, 0.717) is 41.5 Å². The Bertz CT molecular complexity index is 1660. The Labute approximate surface area is 236 Å². The molecule has 1 fully saturated rings. The lowest BCUT2D eigenvalue weighted by Gasteiger charge is -2.27. The topological polar surface area (TPSA) is 94.5 Å². The molecule has 3 aromatic carbocycles. The van der Waals surface area contributed by atoms with Gasteiger partial charge in [-0.1, -0.05) is 23.7 Å². The van der Waals surface area contributed by atoms with E-state index in [1.807, 2.05) is 66.7 Å². The lowest BCUT2D eigenvalue weighted by molar-refractivity contribution is 0.122. The fourth-order valence-corrected chi connectivity index (χ4v) is 4.79. The Morgan fingerprint density at radius 1 is 0.800 bits per heavy atom. The summed E-state index contributed by atoms with van der Waals surface area (Å²) in [7, 11) is 3.25.